The van der Waals surface area contributed by atoms with Gasteiger partial charge in [-0.2, -0.15) is 0 Å². The number of pyridine rings is 1. The minimum Gasteiger partial charge on any atom is -0.502 e. The summed E-state index contributed by atoms with van der Waals surface area (Å²) in [5, 5.41) is 13.1. The lowest BCUT2D eigenvalue weighted by molar-refractivity contribution is 0.339. The highest BCUT2D eigenvalue weighted by molar-refractivity contribution is 9.10. The maximum atomic E-state index is 9.84. The Labute approximate surface area is 125 Å². The van der Waals surface area contributed by atoms with Gasteiger partial charge in [-0.25, -0.2) is 4.98 Å². The van der Waals surface area contributed by atoms with Gasteiger partial charge >= 0.3 is 0 Å². The Hall–Kier alpha value is -1.95. The molecule has 106 valence electrons. The summed E-state index contributed by atoms with van der Waals surface area (Å²) in [4.78, 5) is 4.14. The Morgan fingerprint density at radius 3 is 2.35 bits per heavy atom. The van der Waals surface area contributed by atoms with Crippen LogP contribution in [0.5, 0.6) is 17.2 Å². The number of phenols is 1. The number of benzene rings is 1. The number of anilines is 1. The molecule has 0 bridgehead atoms. The van der Waals surface area contributed by atoms with Crippen molar-refractivity contribution in [1.82, 2.24) is 4.98 Å². The van der Waals surface area contributed by atoms with Crippen molar-refractivity contribution in [3.8, 4) is 17.2 Å². The van der Waals surface area contributed by atoms with Crippen LogP contribution in [0.1, 0.15) is 5.56 Å². The number of ether oxygens (including phenoxy) is 2. The molecule has 2 rings (SSSR count). The summed E-state index contributed by atoms with van der Waals surface area (Å²) < 4.78 is 11.0. The SMILES string of the molecule is COc1cc(CNc2ccc(Br)nc2)cc(OC)c1O. The Bertz CT molecular complexity index is 562. The maximum absolute atomic E-state index is 9.84. The van der Waals surface area contributed by atoms with Crippen LogP contribution in [0.15, 0.2) is 35.1 Å². The maximum Gasteiger partial charge on any atom is 0.200 e. The number of phenolic OH excluding ortho intramolecular Hbond substituents is 1. The zero-order valence-electron chi connectivity index (χ0n) is 11.2. The summed E-state index contributed by atoms with van der Waals surface area (Å²) in [5.41, 5.74) is 1.83. The molecule has 2 N–H and O–H groups in total. The molecule has 0 radical (unpaired) electrons. The van der Waals surface area contributed by atoms with Crippen LogP contribution in [-0.2, 0) is 6.54 Å². The number of methoxy groups -OCH3 is 2. The number of aromatic nitrogens is 1. The van der Waals surface area contributed by atoms with Gasteiger partial charge in [0.25, 0.3) is 0 Å². The van der Waals surface area contributed by atoms with Gasteiger partial charge in [-0.1, -0.05) is 0 Å². The van der Waals surface area contributed by atoms with E-state index in [1.165, 1.54) is 14.2 Å². The van der Waals surface area contributed by atoms with E-state index in [-0.39, 0.29) is 5.75 Å². The van der Waals surface area contributed by atoms with Crippen molar-refractivity contribution in [2.24, 2.45) is 0 Å². The van der Waals surface area contributed by atoms with Crippen LogP contribution in [0.3, 0.4) is 0 Å². The van der Waals surface area contributed by atoms with Crippen LogP contribution in [0.2, 0.25) is 0 Å². The van der Waals surface area contributed by atoms with Crippen molar-refractivity contribution in [2.75, 3.05) is 19.5 Å². The highest BCUT2D eigenvalue weighted by Gasteiger charge is 2.10. The zero-order valence-corrected chi connectivity index (χ0v) is 12.8. The van der Waals surface area contributed by atoms with Gasteiger partial charge in [-0.15, -0.1) is 0 Å². The fraction of sp³-hybridized carbons (Fsp3) is 0.214. The summed E-state index contributed by atoms with van der Waals surface area (Å²) in [5.74, 6) is 0.772. The summed E-state index contributed by atoms with van der Waals surface area (Å²) in [6, 6.07) is 7.31. The average molecular weight is 339 g/mol. The molecule has 20 heavy (non-hydrogen) atoms. The number of hydrogen-bond donors (Lipinski definition) is 2. The topological polar surface area (TPSA) is 63.6 Å². The molecule has 0 aliphatic heterocycles. The minimum atomic E-state index is 0.00376. The van der Waals surface area contributed by atoms with E-state index in [2.05, 4.69) is 26.2 Å². The molecule has 5 nitrogen and oxygen atoms in total. The molecule has 2 aromatic rings. The van der Waals surface area contributed by atoms with Gasteiger partial charge in [0.1, 0.15) is 4.60 Å². The van der Waals surface area contributed by atoms with Gasteiger partial charge in [0, 0.05) is 6.54 Å². The largest absolute Gasteiger partial charge is 0.502 e. The smallest absolute Gasteiger partial charge is 0.200 e. The molecule has 0 unspecified atom stereocenters. The van der Waals surface area contributed by atoms with Crippen molar-refractivity contribution in [1.29, 1.82) is 0 Å². The Kier molecular flexibility index (Phi) is 4.68. The third-order valence-electron chi connectivity index (χ3n) is 2.76. The van der Waals surface area contributed by atoms with Gasteiger partial charge in [-0.05, 0) is 45.8 Å². The lowest BCUT2D eigenvalue weighted by atomic mass is 10.1. The van der Waals surface area contributed by atoms with Crippen molar-refractivity contribution in [3.63, 3.8) is 0 Å². The van der Waals surface area contributed by atoms with E-state index in [0.717, 1.165) is 15.9 Å². The summed E-state index contributed by atoms with van der Waals surface area (Å²) >= 11 is 3.29. The zero-order chi connectivity index (χ0) is 14.5. The summed E-state index contributed by atoms with van der Waals surface area (Å²) in [6.45, 7) is 0.566. The second-order valence-electron chi connectivity index (χ2n) is 4.07. The Morgan fingerprint density at radius 2 is 1.85 bits per heavy atom. The predicted molar refractivity (Wildman–Crippen MR) is 80.5 cm³/mol. The fourth-order valence-electron chi connectivity index (χ4n) is 1.73. The fourth-order valence-corrected chi connectivity index (χ4v) is 1.97. The van der Waals surface area contributed by atoms with Gasteiger partial charge in [-0.3, -0.25) is 0 Å². The number of aromatic hydroxyl groups is 1. The molecule has 0 saturated carbocycles. The number of rotatable bonds is 5. The molecule has 0 fully saturated rings. The van der Waals surface area contributed by atoms with E-state index in [1.54, 1.807) is 18.3 Å². The lowest BCUT2D eigenvalue weighted by Gasteiger charge is -2.12. The standard InChI is InChI=1S/C14H15BrN2O3/c1-19-11-5-9(6-12(20-2)14(11)18)7-16-10-3-4-13(15)17-8-10/h3-6,8,16,18H,7H2,1-2H3. The second-order valence-corrected chi connectivity index (χ2v) is 4.88. The summed E-state index contributed by atoms with van der Waals surface area (Å²) in [7, 11) is 3.01. The average Bonchev–Trinajstić information content (AvgIpc) is 2.47. The molecule has 1 heterocycles. The van der Waals surface area contributed by atoms with E-state index in [4.69, 9.17) is 9.47 Å². The molecule has 1 aromatic heterocycles. The molecule has 0 spiro atoms. The van der Waals surface area contributed by atoms with Crippen LogP contribution in [0.4, 0.5) is 5.69 Å². The van der Waals surface area contributed by atoms with E-state index < -0.39 is 0 Å². The van der Waals surface area contributed by atoms with Crippen molar-refractivity contribution < 1.29 is 14.6 Å². The first-order valence-corrected chi connectivity index (χ1v) is 6.72. The van der Waals surface area contributed by atoms with Gasteiger partial charge in [0.05, 0.1) is 26.1 Å². The van der Waals surface area contributed by atoms with Gasteiger partial charge in [0.15, 0.2) is 11.5 Å². The summed E-state index contributed by atoms with van der Waals surface area (Å²) in [6.07, 6.45) is 1.74. The molecule has 0 saturated heterocycles. The first kappa shape index (κ1) is 14.5. The normalized spacial score (nSPS) is 10.2. The first-order valence-electron chi connectivity index (χ1n) is 5.93. The molecule has 0 atom stereocenters. The quantitative estimate of drug-likeness (QED) is 0.820. The van der Waals surface area contributed by atoms with Crippen molar-refractivity contribution >= 4 is 21.6 Å². The van der Waals surface area contributed by atoms with Crippen LogP contribution >= 0.6 is 15.9 Å². The molecular formula is C14H15BrN2O3. The minimum absolute atomic E-state index is 0.00376. The third-order valence-corrected chi connectivity index (χ3v) is 3.23. The molecule has 0 aliphatic rings. The van der Waals surface area contributed by atoms with Crippen molar-refractivity contribution in [3.05, 3.63) is 40.6 Å². The lowest BCUT2D eigenvalue weighted by Crippen LogP contribution is -2.01. The molecule has 6 heteroatoms. The number of nitrogens with one attached hydrogen (secondary N) is 1. The molecular weight excluding hydrogens is 324 g/mol. The van der Waals surface area contributed by atoms with E-state index in [1.807, 2.05) is 12.1 Å². The van der Waals surface area contributed by atoms with Crippen molar-refractivity contribution in [2.45, 2.75) is 6.54 Å². The molecule has 1 aromatic carbocycles. The van der Waals surface area contributed by atoms with Crippen LogP contribution in [-0.4, -0.2) is 24.3 Å². The second kappa shape index (κ2) is 6.47. The highest BCUT2D eigenvalue weighted by atomic mass is 79.9. The van der Waals surface area contributed by atoms with Crippen LogP contribution in [0.25, 0.3) is 0 Å². The Balaban J connectivity index is 2.14. The monoisotopic (exact) mass is 338 g/mol. The molecule has 0 amide bonds. The first-order chi connectivity index (χ1) is 9.63. The number of halogens is 1. The number of hydrogen-bond acceptors (Lipinski definition) is 5. The number of nitrogens with zero attached hydrogens (tertiary/aromatic N) is 1. The predicted octanol–water partition coefficient (Wildman–Crippen LogP) is 3.18. The van der Waals surface area contributed by atoms with E-state index >= 15 is 0 Å². The Morgan fingerprint density at radius 1 is 1.20 bits per heavy atom. The van der Waals surface area contributed by atoms with E-state index in [9.17, 15) is 5.11 Å². The highest BCUT2D eigenvalue weighted by Crippen LogP contribution is 2.37. The van der Waals surface area contributed by atoms with Crippen LogP contribution in [0, 0.1) is 0 Å². The van der Waals surface area contributed by atoms with Crippen LogP contribution < -0.4 is 14.8 Å². The van der Waals surface area contributed by atoms with Gasteiger partial charge in [0.2, 0.25) is 5.75 Å². The van der Waals surface area contributed by atoms with Gasteiger partial charge < -0.3 is 19.9 Å². The van der Waals surface area contributed by atoms with E-state index in [0.29, 0.717) is 18.0 Å². The molecule has 0 aliphatic carbocycles. The third kappa shape index (κ3) is 3.33.